The molecule has 1 aliphatic rings. The summed E-state index contributed by atoms with van der Waals surface area (Å²) in [7, 11) is 0. The molecule has 24 heavy (non-hydrogen) atoms. The Hall–Kier alpha value is -2.88. The van der Waals surface area contributed by atoms with E-state index in [1.165, 1.54) is 5.56 Å². The molecule has 0 bridgehead atoms. The molecule has 1 N–H and O–H groups in total. The Bertz CT molecular complexity index is 836. The molecule has 0 spiro atoms. The molecule has 2 aromatic carbocycles. The third-order valence-electron chi connectivity index (χ3n) is 4.69. The Labute approximate surface area is 141 Å². The fraction of sp³-hybridized carbons (Fsp3) is 0.200. The lowest BCUT2D eigenvalue weighted by Crippen LogP contribution is -2.32. The van der Waals surface area contributed by atoms with Crippen LogP contribution in [0, 0.1) is 0 Å². The van der Waals surface area contributed by atoms with E-state index < -0.39 is 0 Å². The van der Waals surface area contributed by atoms with Crippen LogP contribution in [-0.4, -0.2) is 22.2 Å². The van der Waals surface area contributed by atoms with Crippen LogP contribution in [0.1, 0.15) is 28.8 Å². The molecule has 0 aliphatic heterocycles. The molecule has 120 valence electrons. The molecule has 0 radical (unpaired) electrons. The van der Waals surface area contributed by atoms with E-state index in [-0.39, 0.29) is 11.3 Å². The van der Waals surface area contributed by atoms with E-state index >= 15 is 0 Å². The van der Waals surface area contributed by atoms with Crippen LogP contribution < -0.4 is 5.32 Å². The van der Waals surface area contributed by atoms with E-state index in [1.54, 1.807) is 17.1 Å². The summed E-state index contributed by atoms with van der Waals surface area (Å²) in [4.78, 5) is 12.4. The van der Waals surface area contributed by atoms with Gasteiger partial charge in [0.25, 0.3) is 5.91 Å². The van der Waals surface area contributed by atoms with Crippen molar-refractivity contribution >= 4 is 5.91 Å². The zero-order valence-electron chi connectivity index (χ0n) is 13.4. The van der Waals surface area contributed by atoms with Gasteiger partial charge in [0.2, 0.25) is 0 Å². The second kappa shape index (κ2) is 5.96. The minimum absolute atomic E-state index is 0.0700. The van der Waals surface area contributed by atoms with Gasteiger partial charge in [0.05, 0.1) is 17.4 Å². The van der Waals surface area contributed by atoms with Crippen LogP contribution in [0.5, 0.6) is 0 Å². The molecule has 0 atom stereocenters. The Kier molecular flexibility index (Phi) is 3.65. The summed E-state index contributed by atoms with van der Waals surface area (Å²) in [6.45, 7) is 0.673. The predicted octanol–water partition coefficient (Wildman–Crippen LogP) is 3.33. The van der Waals surface area contributed by atoms with E-state index in [0.29, 0.717) is 12.1 Å². The number of carbonyl (C=O) groups is 1. The lowest BCUT2D eigenvalue weighted by Gasteiger charge is -2.16. The van der Waals surface area contributed by atoms with Crippen LogP contribution >= 0.6 is 0 Å². The molecule has 0 saturated heterocycles. The van der Waals surface area contributed by atoms with Crippen molar-refractivity contribution < 1.29 is 4.79 Å². The zero-order valence-corrected chi connectivity index (χ0v) is 13.4. The van der Waals surface area contributed by atoms with Gasteiger partial charge >= 0.3 is 0 Å². The van der Waals surface area contributed by atoms with Gasteiger partial charge < -0.3 is 5.32 Å². The van der Waals surface area contributed by atoms with Crippen molar-refractivity contribution in [2.24, 2.45) is 0 Å². The molecule has 4 nitrogen and oxygen atoms in total. The molecule has 1 heterocycles. The zero-order chi connectivity index (χ0) is 16.4. The van der Waals surface area contributed by atoms with Gasteiger partial charge in [0.15, 0.2) is 0 Å². The minimum Gasteiger partial charge on any atom is -0.351 e. The first-order valence-electron chi connectivity index (χ1n) is 8.21. The molecular weight excluding hydrogens is 298 g/mol. The first-order chi connectivity index (χ1) is 11.8. The number of hydrogen-bond acceptors (Lipinski definition) is 2. The van der Waals surface area contributed by atoms with Crippen molar-refractivity contribution in [2.75, 3.05) is 6.54 Å². The van der Waals surface area contributed by atoms with Crippen molar-refractivity contribution in [3.05, 3.63) is 84.2 Å². The SMILES string of the molecule is O=C(NCC1(c2ccccc2)CC1)c1cnn(-c2ccccc2)c1. The van der Waals surface area contributed by atoms with E-state index in [9.17, 15) is 4.79 Å². The Balaban J connectivity index is 1.43. The number of para-hydroxylation sites is 1. The van der Waals surface area contributed by atoms with Gasteiger partial charge in [-0.3, -0.25) is 4.79 Å². The lowest BCUT2D eigenvalue weighted by molar-refractivity contribution is 0.0949. The van der Waals surface area contributed by atoms with E-state index in [4.69, 9.17) is 0 Å². The summed E-state index contributed by atoms with van der Waals surface area (Å²) in [5, 5.41) is 7.35. The third-order valence-corrected chi connectivity index (χ3v) is 4.69. The van der Waals surface area contributed by atoms with Gasteiger partial charge in [-0.25, -0.2) is 4.68 Å². The molecule has 1 aliphatic carbocycles. The topological polar surface area (TPSA) is 46.9 Å². The van der Waals surface area contributed by atoms with E-state index in [1.807, 2.05) is 36.4 Å². The van der Waals surface area contributed by atoms with Gasteiger partial charge in [0.1, 0.15) is 0 Å². The fourth-order valence-electron chi connectivity index (χ4n) is 3.02. The maximum atomic E-state index is 12.4. The highest BCUT2D eigenvalue weighted by Crippen LogP contribution is 2.47. The van der Waals surface area contributed by atoms with Gasteiger partial charge in [-0.05, 0) is 30.5 Å². The minimum atomic E-state index is -0.0700. The van der Waals surface area contributed by atoms with Crippen LogP contribution in [-0.2, 0) is 5.41 Å². The van der Waals surface area contributed by atoms with Crippen LogP contribution in [0.3, 0.4) is 0 Å². The van der Waals surface area contributed by atoms with Crippen LogP contribution in [0.15, 0.2) is 73.1 Å². The monoisotopic (exact) mass is 317 g/mol. The standard InChI is InChI=1S/C20H19N3O/c24-19(16-13-22-23(14-16)18-9-5-2-6-10-18)21-15-20(11-12-20)17-7-3-1-4-8-17/h1-10,13-14H,11-12,15H2,(H,21,24). The van der Waals surface area contributed by atoms with Crippen molar-refractivity contribution in [1.82, 2.24) is 15.1 Å². The van der Waals surface area contributed by atoms with Gasteiger partial charge in [-0.2, -0.15) is 5.10 Å². The number of amides is 1. The quantitative estimate of drug-likeness (QED) is 0.784. The van der Waals surface area contributed by atoms with Crippen molar-refractivity contribution in [1.29, 1.82) is 0 Å². The lowest BCUT2D eigenvalue weighted by atomic mass is 9.96. The average Bonchev–Trinajstić information content (AvgIpc) is 3.28. The molecule has 1 saturated carbocycles. The normalized spacial score (nSPS) is 15.0. The molecule has 1 aromatic heterocycles. The predicted molar refractivity (Wildman–Crippen MR) is 93.3 cm³/mol. The van der Waals surface area contributed by atoms with Crippen LogP contribution in [0.25, 0.3) is 5.69 Å². The smallest absolute Gasteiger partial charge is 0.254 e. The molecule has 0 unspecified atom stereocenters. The van der Waals surface area contributed by atoms with Crippen molar-refractivity contribution in [2.45, 2.75) is 18.3 Å². The van der Waals surface area contributed by atoms with Crippen LogP contribution in [0.2, 0.25) is 0 Å². The average molecular weight is 317 g/mol. The number of hydrogen-bond donors (Lipinski definition) is 1. The molecule has 1 amide bonds. The number of nitrogens with zero attached hydrogens (tertiary/aromatic N) is 2. The maximum Gasteiger partial charge on any atom is 0.254 e. The largest absolute Gasteiger partial charge is 0.351 e. The van der Waals surface area contributed by atoms with Gasteiger partial charge in [0, 0.05) is 18.2 Å². The number of benzene rings is 2. The summed E-state index contributed by atoms with van der Waals surface area (Å²) >= 11 is 0. The summed E-state index contributed by atoms with van der Waals surface area (Å²) in [6.07, 6.45) is 5.64. The van der Waals surface area contributed by atoms with Crippen LogP contribution in [0.4, 0.5) is 0 Å². The number of nitrogens with one attached hydrogen (secondary N) is 1. The Morgan fingerprint density at radius 1 is 1.04 bits per heavy atom. The maximum absolute atomic E-state index is 12.4. The molecule has 1 fully saturated rings. The molecular formula is C20H19N3O. The summed E-state index contributed by atoms with van der Waals surface area (Å²) in [6, 6.07) is 20.2. The first-order valence-corrected chi connectivity index (χ1v) is 8.21. The van der Waals surface area contributed by atoms with E-state index in [2.05, 4.69) is 34.7 Å². The highest BCUT2D eigenvalue weighted by atomic mass is 16.1. The fourth-order valence-corrected chi connectivity index (χ4v) is 3.02. The Morgan fingerprint density at radius 3 is 2.38 bits per heavy atom. The highest BCUT2D eigenvalue weighted by molar-refractivity contribution is 5.93. The highest BCUT2D eigenvalue weighted by Gasteiger charge is 2.44. The second-order valence-electron chi connectivity index (χ2n) is 6.34. The summed E-state index contributed by atoms with van der Waals surface area (Å²) < 4.78 is 1.72. The Morgan fingerprint density at radius 2 is 1.71 bits per heavy atom. The summed E-state index contributed by atoms with van der Waals surface area (Å²) in [5.41, 5.74) is 2.96. The molecule has 4 rings (SSSR count). The van der Waals surface area contributed by atoms with Gasteiger partial charge in [-0.15, -0.1) is 0 Å². The second-order valence-corrected chi connectivity index (χ2v) is 6.34. The number of aromatic nitrogens is 2. The summed E-state index contributed by atoms with van der Waals surface area (Å²) in [5.74, 6) is -0.0700. The van der Waals surface area contributed by atoms with Crippen molar-refractivity contribution in [3.8, 4) is 5.69 Å². The van der Waals surface area contributed by atoms with E-state index in [0.717, 1.165) is 18.5 Å². The molecule has 4 heteroatoms. The third kappa shape index (κ3) is 2.83. The molecule has 3 aromatic rings. The van der Waals surface area contributed by atoms with Gasteiger partial charge in [-0.1, -0.05) is 48.5 Å². The number of carbonyl (C=O) groups excluding carboxylic acids is 1. The first kappa shape index (κ1) is 14.7. The number of rotatable bonds is 5. The van der Waals surface area contributed by atoms with Crippen molar-refractivity contribution in [3.63, 3.8) is 0 Å².